The topological polar surface area (TPSA) is 49.7 Å². The molecule has 1 aromatic rings. The smallest absolute Gasteiger partial charge is 0.110 e. The third-order valence-electron chi connectivity index (χ3n) is 5.18. The van der Waals surface area contributed by atoms with E-state index in [4.69, 9.17) is 4.74 Å². The molecular formula is C25H42O3. The predicted molar refractivity (Wildman–Crippen MR) is 118 cm³/mol. The van der Waals surface area contributed by atoms with Gasteiger partial charge in [0, 0.05) is 0 Å². The van der Waals surface area contributed by atoms with E-state index < -0.39 is 12.2 Å². The minimum absolute atomic E-state index is 0.184. The van der Waals surface area contributed by atoms with Crippen LogP contribution < -0.4 is 0 Å². The van der Waals surface area contributed by atoms with Gasteiger partial charge in [-0.3, -0.25) is 0 Å². The van der Waals surface area contributed by atoms with Crippen LogP contribution in [-0.2, 0) is 11.3 Å². The Morgan fingerprint density at radius 1 is 0.857 bits per heavy atom. The molecule has 2 N–H and O–H groups in total. The Kier molecular flexibility index (Phi) is 15.9. The first-order valence-corrected chi connectivity index (χ1v) is 11.4. The van der Waals surface area contributed by atoms with E-state index in [0.717, 1.165) is 18.4 Å². The monoisotopic (exact) mass is 390 g/mol. The van der Waals surface area contributed by atoms with Crippen molar-refractivity contribution in [1.82, 2.24) is 0 Å². The molecule has 0 saturated carbocycles. The largest absolute Gasteiger partial charge is 0.394 e. The summed E-state index contributed by atoms with van der Waals surface area (Å²) < 4.78 is 5.65. The lowest BCUT2D eigenvalue weighted by Crippen LogP contribution is -2.30. The van der Waals surface area contributed by atoms with Crippen molar-refractivity contribution in [2.45, 2.75) is 103 Å². The number of allylic oxidation sites excluding steroid dienone is 1. The lowest BCUT2D eigenvalue weighted by molar-refractivity contribution is -0.0540. The summed E-state index contributed by atoms with van der Waals surface area (Å²) >= 11 is 0. The van der Waals surface area contributed by atoms with E-state index in [0.29, 0.717) is 6.61 Å². The fourth-order valence-corrected chi connectivity index (χ4v) is 3.32. The summed E-state index contributed by atoms with van der Waals surface area (Å²) in [4.78, 5) is 0. The van der Waals surface area contributed by atoms with E-state index >= 15 is 0 Å². The van der Waals surface area contributed by atoms with Crippen LogP contribution in [0.15, 0.2) is 42.5 Å². The molecule has 0 unspecified atom stereocenters. The van der Waals surface area contributed by atoms with Gasteiger partial charge in [-0.15, -0.1) is 0 Å². The second-order valence-electron chi connectivity index (χ2n) is 7.76. The Bertz CT molecular complexity index is 472. The first kappa shape index (κ1) is 24.9. The van der Waals surface area contributed by atoms with Gasteiger partial charge in [0.1, 0.15) is 12.2 Å². The maximum atomic E-state index is 10.2. The number of unbranched alkanes of at least 4 members (excludes halogenated alkanes) is 11. The zero-order valence-corrected chi connectivity index (χ0v) is 17.9. The molecule has 0 heterocycles. The van der Waals surface area contributed by atoms with Crippen LogP contribution in [0.1, 0.15) is 89.5 Å². The second kappa shape index (κ2) is 17.9. The number of benzene rings is 1. The second-order valence-corrected chi connectivity index (χ2v) is 7.76. The van der Waals surface area contributed by atoms with Crippen molar-refractivity contribution >= 4 is 0 Å². The Labute approximate surface area is 172 Å². The number of aliphatic hydroxyl groups excluding tert-OH is 2. The van der Waals surface area contributed by atoms with Gasteiger partial charge in [-0.2, -0.15) is 0 Å². The SMILES string of the molecule is CCCCCCCCCCCCC/C=C/[C@@H](O)[C@@H](CO)OCc1ccccc1. The number of aliphatic hydroxyl groups is 2. The first-order valence-electron chi connectivity index (χ1n) is 11.4. The molecule has 0 fully saturated rings. The van der Waals surface area contributed by atoms with Gasteiger partial charge in [0.15, 0.2) is 0 Å². The molecule has 160 valence electrons. The molecule has 0 spiro atoms. The summed E-state index contributed by atoms with van der Waals surface area (Å²) in [7, 11) is 0. The van der Waals surface area contributed by atoms with E-state index in [1.165, 1.54) is 64.2 Å². The van der Waals surface area contributed by atoms with Crippen LogP contribution in [0.2, 0.25) is 0 Å². The minimum Gasteiger partial charge on any atom is -0.394 e. The summed E-state index contributed by atoms with van der Waals surface area (Å²) in [5.41, 5.74) is 1.04. The van der Waals surface area contributed by atoms with Crippen LogP contribution >= 0.6 is 0 Å². The van der Waals surface area contributed by atoms with Gasteiger partial charge in [0.25, 0.3) is 0 Å². The van der Waals surface area contributed by atoms with Crippen molar-refractivity contribution in [1.29, 1.82) is 0 Å². The number of ether oxygens (including phenoxy) is 1. The average Bonchev–Trinajstić information content (AvgIpc) is 2.72. The summed E-state index contributed by atoms with van der Waals surface area (Å²) in [5, 5.41) is 19.7. The van der Waals surface area contributed by atoms with Crippen LogP contribution in [0.4, 0.5) is 0 Å². The van der Waals surface area contributed by atoms with E-state index in [1.807, 2.05) is 36.4 Å². The van der Waals surface area contributed by atoms with Gasteiger partial charge in [0.2, 0.25) is 0 Å². The van der Waals surface area contributed by atoms with Crippen LogP contribution in [0.3, 0.4) is 0 Å². The molecule has 0 aliphatic heterocycles. The summed E-state index contributed by atoms with van der Waals surface area (Å²) in [6.45, 7) is 2.48. The Balaban J connectivity index is 2.01. The van der Waals surface area contributed by atoms with Crippen molar-refractivity contribution < 1.29 is 14.9 Å². The average molecular weight is 391 g/mol. The molecule has 0 aromatic heterocycles. The highest BCUT2D eigenvalue weighted by Crippen LogP contribution is 2.12. The number of hydrogen-bond acceptors (Lipinski definition) is 3. The quantitative estimate of drug-likeness (QED) is 0.232. The Morgan fingerprint density at radius 3 is 2.00 bits per heavy atom. The highest BCUT2D eigenvalue weighted by molar-refractivity contribution is 5.13. The molecule has 3 nitrogen and oxygen atoms in total. The van der Waals surface area contributed by atoms with Crippen LogP contribution in [0, 0.1) is 0 Å². The molecule has 28 heavy (non-hydrogen) atoms. The van der Waals surface area contributed by atoms with Crippen LogP contribution in [0.5, 0.6) is 0 Å². The standard InChI is InChI=1S/C25H42O3/c1-2-3-4-5-6-7-8-9-10-11-12-13-17-20-24(27)25(21-26)28-22-23-18-15-14-16-19-23/h14-20,24-27H,2-13,21-22H2,1H3/b20-17+/t24-,25-/m1/s1. The number of rotatable bonds is 18. The maximum absolute atomic E-state index is 10.2. The lowest BCUT2D eigenvalue weighted by atomic mass is 10.0. The molecule has 0 saturated heterocycles. The third-order valence-corrected chi connectivity index (χ3v) is 5.18. The van der Waals surface area contributed by atoms with E-state index in [2.05, 4.69) is 6.92 Å². The van der Waals surface area contributed by atoms with Gasteiger partial charge in [-0.25, -0.2) is 0 Å². The zero-order valence-electron chi connectivity index (χ0n) is 17.9. The lowest BCUT2D eigenvalue weighted by Gasteiger charge is -2.19. The molecule has 0 amide bonds. The molecule has 0 aliphatic rings. The predicted octanol–water partition coefficient (Wildman–Crippen LogP) is 6.18. The first-order chi connectivity index (χ1) is 13.8. The van der Waals surface area contributed by atoms with Gasteiger partial charge in [-0.1, -0.05) is 114 Å². The Hall–Kier alpha value is -1.16. The molecule has 1 aromatic carbocycles. The van der Waals surface area contributed by atoms with Gasteiger partial charge >= 0.3 is 0 Å². The van der Waals surface area contributed by atoms with Crippen molar-refractivity contribution in [2.75, 3.05) is 6.61 Å². The van der Waals surface area contributed by atoms with Gasteiger partial charge in [0.05, 0.1) is 13.2 Å². The molecule has 1 rings (SSSR count). The van der Waals surface area contributed by atoms with Crippen LogP contribution in [0.25, 0.3) is 0 Å². The highest BCUT2D eigenvalue weighted by atomic mass is 16.5. The van der Waals surface area contributed by atoms with E-state index in [1.54, 1.807) is 6.08 Å². The van der Waals surface area contributed by atoms with Crippen molar-refractivity contribution in [2.24, 2.45) is 0 Å². The molecule has 3 heteroatoms. The molecular weight excluding hydrogens is 348 g/mol. The van der Waals surface area contributed by atoms with Crippen LogP contribution in [-0.4, -0.2) is 29.0 Å². The molecule has 2 atom stereocenters. The van der Waals surface area contributed by atoms with Gasteiger partial charge < -0.3 is 14.9 Å². The van der Waals surface area contributed by atoms with E-state index in [-0.39, 0.29) is 6.61 Å². The summed E-state index contributed by atoms with van der Waals surface area (Å²) in [6.07, 6.45) is 18.2. The number of hydrogen-bond donors (Lipinski definition) is 2. The Morgan fingerprint density at radius 2 is 1.43 bits per heavy atom. The highest BCUT2D eigenvalue weighted by Gasteiger charge is 2.16. The molecule has 0 bridgehead atoms. The summed E-state index contributed by atoms with van der Waals surface area (Å²) in [5.74, 6) is 0. The normalized spacial score (nSPS) is 13.8. The summed E-state index contributed by atoms with van der Waals surface area (Å²) in [6, 6.07) is 9.82. The van der Waals surface area contributed by atoms with E-state index in [9.17, 15) is 10.2 Å². The molecule has 0 radical (unpaired) electrons. The zero-order chi connectivity index (χ0) is 20.3. The maximum Gasteiger partial charge on any atom is 0.110 e. The van der Waals surface area contributed by atoms with Crippen molar-refractivity contribution in [3.05, 3.63) is 48.0 Å². The van der Waals surface area contributed by atoms with Crippen molar-refractivity contribution in [3.8, 4) is 0 Å². The van der Waals surface area contributed by atoms with Crippen molar-refractivity contribution in [3.63, 3.8) is 0 Å². The fourth-order valence-electron chi connectivity index (χ4n) is 3.32. The third kappa shape index (κ3) is 13.1. The minimum atomic E-state index is -0.763. The molecule has 0 aliphatic carbocycles. The fraction of sp³-hybridized carbons (Fsp3) is 0.680. The van der Waals surface area contributed by atoms with Gasteiger partial charge in [-0.05, 0) is 18.4 Å².